The van der Waals surface area contributed by atoms with Crippen LogP contribution in [0.3, 0.4) is 0 Å². The average molecular weight is 270 g/mol. The zero-order valence-corrected chi connectivity index (χ0v) is 10.7. The highest BCUT2D eigenvalue weighted by Crippen LogP contribution is 2.25. The number of nitro groups is 1. The number of hydrogen-bond donors (Lipinski definition) is 1. The molecule has 18 heavy (non-hydrogen) atoms. The van der Waals surface area contributed by atoms with Crippen molar-refractivity contribution in [3.05, 3.63) is 39.7 Å². The molecule has 1 aliphatic rings. The Morgan fingerprint density at radius 2 is 2.39 bits per heavy atom. The third-order valence-electron chi connectivity index (χ3n) is 2.95. The first-order chi connectivity index (χ1) is 8.66. The van der Waals surface area contributed by atoms with Crippen LogP contribution < -0.4 is 5.32 Å². The Balaban J connectivity index is 1.94. The molecule has 0 radical (unpaired) electrons. The van der Waals surface area contributed by atoms with E-state index in [2.05, 4.69) is 5.32 Å². The van der Waals surface area contributed by atoms with E-state index >= 15 is 0 Å². The number of nitrogens with zero attached hydrogens (tertiary/aromatic N) is 1. The van der Waals surface area contributed by atoms with Crippen molar-refractivity contribution in [3.8, 4) is 0 Å². The van der Waals surface area contributed by atoms with Gasteiger partial charge in [-0.3, -0.25) is 10.1 Å². The second-order valence-corrected chi connectivity index (χ2v) is 5.70. The van der Waals surface area contributed by atoms with E-state index in [1.807, 2.05) is 11.8 Å². The van der Waals surface area contributed by atoms with Gasteiger partial charge >= 0.3 is 0 Å². The molecule has 1 unspecified atom stereocenters. The van der Waals surface area contributed by atoms with Crippen molar-refractivity contribution in [2.24, 2.45) is 0 Å². The van der Waals surface area contributed by atoms with Gasteiger partial charge in [0.1, 0.15) is 5.82 Å². The van der Waals surface area contributed by atoms with E-state index in [-0.39, 0.29) is 5.69 Å². The lowest BCUT2D eigenvalue weighted by Gasteiger charge is -2.10. The summed E-state index contributed by atoms with van der Waals surface area (Å²) in [6.07, 6.45) is 2.42. The molecule has 2 rings (SSSR count). The maximum absolute atomic E-state index is 13.1. The van der Waals surface area contributed by atoms with Crippen LogP contribution in [0.4, 0.5) is 10.1 Å². The van der Waals surface area contributed by atoms with Crippen LogP contribution in [0.25, 0.3) is 0 Å². The minimum absolute atomic E-state index is 0.0250. The van der Waals surface area contributed by atoms with Gasteiger partial charge in [0.25, 0.3) is 5.69 Å². The Labute approximate surface area is 109 Å². The van der Waals surface area contributed by atoms with Crippen LogP contribution in [-0.2, 0) is 6.54 Å². The van der Waals surface area contributed by atoms with Gasteiger partial charge in [0.2, 0.25) is 0 Å². The quantitative estimate of drug-likeness (QED) is 0.660. The summed E-state index contributed by atoms with van der Waals surface area (Å²) in [5.41, 5.74) is 0.381. The van der Waals surface area contributed by atoms with Gasteiger partial charge in [-0.2, -0.15) is 11.8 Å². The van der Waals surface area contributed by atoms with E-state index in [0.717, 1.165) is 12.6 Å². The third-order valence-corrected chi connectivity index (χ3v) is 4.35. The van der Waals surface area contributed by atoms with Gasteiger partial charge in [-0.05, 0) is 30.7 Å². The summed E-state index contributed by atoms with van der Waals surface area (Å²) in [6, 6.07) is 3.57. The molecule has 1 saturated heterocycles. The Bertz CT molecular complexity index is 436. The minimum Gasteiger partial charge on any atom is -0.311 e. The molecule has 0 aliphatic carbocycles. The summed E-state index contributed by atoms with van der Waals surface area (Å²) in [7, 11) is 0. The minimum atomic E-state index is -0.471. The summed E-state index contributed by atoms with van der Waals surface area (Å²) >= 11 is 1.92. The number of rotatable bonds is 5. The molecule has 0 saturated carbocycles. The second-order valence-electron chi connectivity index (χ2n) is 4.30. The molecule has 1 heterocycles. The monoisotopic (exact) mass is 270 g/mol. The number of nitro benzene ring substituents is 1. The fraction of sp³-hybridized carbons (Fsp3) is 0.500. The standard InChI is InChI=1S/C12H15FN2O2S/c13-10-3-4-12(15(16)17)9(6-10)7-14-8-11-2-1-5-18-11/h3-4,6,11,14H,1-2,5,7-8H2. The van der Waals surface area contributed by atoms with Crippen molar-refractivity contribution < 1.29 is 9.31 Å². The Kier molecular flexibility index (Phi) is 4.54. The van der Waals surface area contributed by atoms with Crippen LogP contribution in [-0.4, -0.2) is 22.5 Å². The largest absolute Gasteiger partial charge is 0.311 e. The van der Waals surface area contributed by atoms with Crippen molar-refractivity contribution in [1.82, 2.24) is 5.32 Å². The molecule has 1 atom stereocenters. The maximum atomic E-state index is 13.1. The average Bonchev–Trinajstić information content (AvgIpc) is 2.82. The van der Waals surface area contributed by atoms with Crippen molar-refractivity contribution in [1.29, 1.82) is 0 Å². The summed E-state index contributed by atoms with van der Waals surface area (Å²) < 4.78 is 13.1. The molecule has 6 heteroatoms. The summed E-state index contributed by atoms with van der Waals surface area (Å²) in [5, 5.41) is 14.6. The first-order valence-electron chi connectivity index (χ1n) is 5.92. The molecule has 0 spiro atoms. The third kappa shape index (κ3) is 3.43. The van der Waals surface area contributed by atoms with Crippen molar-refractivity contribution in [2.75, 3.05) is 12.3 Å². The van der Waals surface area contributed by atoms with E-state index in [4.69, 9.17) is 0 Å². The first kappa shape index (κ1) is 13.3. The summed E-state index contributed by atoms with van der Waals surface area (Å²) in [5.74, 6) is 0.750. The number of hydrogen-bond acceptors (Lipinski definition) is 4. The van der Waals surface area contributed by atoms with Crippen LogP contribution in [0.5, 0.6) is 0 Å². The van der Waals surface area contributed by atoms with Crippen LogP contribution in [0.15, 0.2) is 18.2 Å². The van der Waals surface area contributed by atoms with Gasteiger partial charge < -0.3 is 5.32 Å². The van der Waals surface area contributed by atoms with Crippen LogP contribution in [0, 0.1) is 15.9 Å². The molecule has 0 amide bonds. The number of halogens is 1. The zero-order chi connectivity index (χ0) is 13.0. The molecule has 1 aromatic rings. The zero-order valence-electron chi connectivity index (χ0n) is 9.89. The molecule has 98 valence electrons. The van der Waals surface area contributed by atoms with E-state index in [1.54, 1.807) is 0 Å². The predicted molar refractivity (Wildman–Crippen MR) is 70.2 cm³/mol. The highest BCUT2D eigenvalue weighted by atomic mass is 32.2. The van der Waals surface area contributed by atoms with E-state index in [0.29, 0.717) is 17.4 Å². The molecule has 0 bridgehead atoms. The van der Waals surface area contributed by atoms with Crippen LogP contribution in [0.2, 0.25) is 0 Å². The fourth-order valence-corrected chi connectivity index (χ4v) is 3.28. The molecular weight excluding hydrogens is 255 g/mol. The summed E-state index contributed by atoms with van der Waals surface area (Å²) in [6.45, 7) is 1.16. The normalized spacial score (nSPS) is 19.1. The molecular formula is C12H15FN2O2S. The molecule has 1 fully saturated rings. The number of thioether (sulfide) groups is 1. The topological polar surface area (TPSA) is 55.2 Å². The number of benzene rings is 1. The second kappa shape index (κ2) is 6.15. The van der Waals surface area contributed by atoms with Crippen molar-refractivity contribution in [2.45, 2.75) is 24.6 Å². The maximum Gasteiger partial charge on any atom is 0.274 e. The lowest BCUT2D eigenvalue weighted by atomic mass is 10.1. The van der Waals surface area contributed by atoms with E-state index in [9.17, 15) is 14.5 Å². The predicted octanol–water partition coefficient (Wildman–Crippen LogP) is 2.72. The van der Waals surface area contributed by atoms with Gasteiger partial charge in [-0.15, -0.1) is 0 Å². The van der Waals surface area contributed by atoms with Crippen LogP contribution >= 0.6 is 11.8 Å². The van der Waals surface area contributed by atoms with Crippen molar-refractivity contribution >= 4 is 17.4 Å². The van der Waals surface area contributed by atoms with E-state index in [1.165, 1.54) is 30.7 Å². The van der Waals surface area contributed by atoms with E-state index < -0.39 is 10.7 Å². The highest BCUT2D eigenvalue weighted by Gasteiger charge is 2.17. The smallest absolute Gasteiger partial charge is 0.274 e. The molecule has 1 aliphatic heterocycles. The van der Waals surface area contributed by atoms with Gasteiger partial charge in [-0.1, -0.05) is 0 Å². The Morgan fingerprint density at radius 1 is 1.56 bits per heavy atom. The van der Waals surface area contributed by atoms with Crippen molar-refractivity contribution in [3.63, 3.8) is 0 Å². The Hall–Kier alpha value is -1.14. The van der Waals surface area contributed by atoms with Gasteiger partial charge in [-0.25, -0.2) is 4.39 Å². The fourth-order valence-electron chi connectivity index (χ4n) is 2.05. The lowest BCUT2D eigenvalue weighted by Crippen LogP contribution is -2.23. The molecule has 1 aromatic carbocycles. The first-order valence-corrected chi connectivity index (χ1v) is 6.97. The van der Waals surface area contributed by atoms with Gasteiger partial charge in [0, 0.05) is 30.0 Å². The summed E-state index contributed by atoms with van der Waals surface area (Å²) in [4.78, 5) is 10.3. The molecule has 4 nitrogen and oxygen atoms in total. The molecule has 1 N–H and O–H groups in total. The van der Waals surface area contributed by atoms with Gasteiger partial charge in [0.05, 0.1) is 4.92 Å². The SMILES string of the molecule is O=[N+]([O-])c1ccc(F)cc1CNCC1CCCS1. The van der Waals surface area contributed by atoms with Crippen LogP contribution in [0.1, 0.15) is 18.4 Å². The Morgan fingerprint density at radius 3 is 3.06 bits per heavy atom. The molecule has 0 aromatic heterocycles. The lowest BCUT2D eigenvalue weighted by molar-refractivity contribution is -0.385. The van der Waals surface area contributed by atoms with Gasteiger partial charge in [0.15, 0.2) is 0 Å². The number of nitrogens with one attached hydrogen (secondary N) is 1. The highest BCUT2D eigenvalue weighted by molar-refractivity contribution is 8.00.